The number of aliphatic carboxylic acids is 1. The minimum Gasteiger partial charge on any atom is -0.481 e. The molecule has 5 heteroatoms. The second-order valence-corrected chi connectivity index (χ2v) is 3.63. The van der Waals surface area contributed by atoms with Gasteiger partial charge in [-0.1, -0.05) is 0 Å². The Kier molecular flexibility index (Phi) is 2.76. The summed E-state index contributed by atoms with van der Waals surface area (Å²) >= 11 is 0. The highest BCUT2D eigenvalue weighted by Gasteiger charge is 2.09. The summed E-state index contributed by atoms with van der Waals surface area (Å²) in [6.45, 7) is 0. The fourth-order valence-electron chi connectivity index (χ4n) is 1.58. The number of H-pyrrole nitrogens is 1. The summed E-state index contributed by atoms with van der Waals surface area (Å²) in [6.07, 6.45) is 4.28. The molecule has 2 rings (SSSR count). The fourth-order valence-corrected chi connectivity index (χ4v) is 1.58. The number of imidazole rings is 1. The first-order chi connectivity index (χ1) is 7.66. The van der Waals surface area contributed by atoms with Gasteiger partial charge in [0.05, 0.1) is 12.1 Å². The highest BCUT2D eigenvalue weighted by Crippen LogP contribution is 2.16. The van der Waals surface area contributed by atoms with Gasteiger partial charge in [0.1, 0.15) is 11.5 Å². The van der Waals surface area contributed by atoms with E-state index in [0.29, 0.717) is 6.42 Å². The van der Waals surface area contributed by atoms with Gasteiger partial charge in [-0.15, -0.1) is 0 Å². The van der Waals surface area contributed by atoms with E-state index in [1.165, 1.54) is 0 Å². The molecule has 0 bridgehead atoms. The molecule has 0 atom stereocenters. The van der Waals surface area contributed by atoms with Crippen LogP contribution in [0.5, 0.6) is 0 Å². The second kappa shape index (κ2) is 4.22. The minimum absolute atomic E-state index is 0.106. The van der Waals surface area contributed by atoms with Crippen LogP contribution in [0.15, 0.2) is 24.5 Å². The summed E-state index contributed by atoms with van der Waals surface area (Å²) in [7, 11) is 1.87. The van der Waals surface area contributed by atoms with E-state index in [0.717, 1.165) is 17.2 Å². The van der Waals surface area contributed by atoms with Gasteiger partial charge in [0.15, 0.2) is 0 Å². The lowest BCUT2D eigenvalue weighted by Crippen LogP contribution is -2.02. The number of rotatable bonds is 4. The van der Waals surface area contributed by atoms with Crippen LogP contribution in [-0.2, 0) is 18.3 Å². The van der Waals surface area contributed by atoms with Crippen molar-refractivity contribution in [1.82, 2.24) is 14.5 Å². The molecule has 0 radical (unpaired) electrons. The lowest BCUT2D eigenvalue weighted by molar-refractivity contribution is -0.137. The molecule has 0 aliphatic rings. The Morgan fingerprint density at radius 1 is 1.62 bits per heavy atom. The molecular weight excluding hydrogens is 206 g/mol. The van der Waals surface area contributed by atoms with Crippen molar-refractivity contribution in [3.63, 3.8) is 0 Å². The van der Waals surface area contributed by atoms with Crippen molar-refractivity contribution in [1.29, 1.82) is 0 Å². The van der Waals surface area contributed by atoms with E-state index in [9.17, 15) is 4.79 Å². The van der Waals surface area contributed by atoms with Crippen molar-refractivity contribution in [2.75, 3.05) is 0 Å². The molecule has 2 aromatic rings. The summed E-state index contributed by atoms with van der Waals surface area (Å²) in [6, 6.07) is 3.84. The Morgan fingerprint density at radius 3 is 3.06 bits per heavy atom. The highest BCUT2D eigenvalue weighted by molar-refractivity contribution is 5.67. The molecule has 16 heavy (non-hydrogen) atoms. The van der Waals surface area contributed by atoms with Gasteiger partial charge in [0.2, 0.25) is 0 Å². The zero-order valence-corrected chi connectivity index (χ0v) is 8.97. The van der Waals surface area contributed by atoms with Crippen molar-refractivity contribution >= 4 is 5.97 Å². The molecule has 0 spiro atoms. The average molecular weight is 219 g/mol. The molecule has 84 valence electrons. The largest absolute Gasteiger partial charge is 0.481 e. The van der Waals surface area contributed by atoms with Crippen LogP contribution in [0.3, 0.4) is 0 Å². The number of aromatic nitrogens is 3. The summed E-state index contributed by atoms with van der Waals surface area (Å²) in [5, 5.41) is 8.61. The lowest BCUT2D eigenvalue weighted by atomic mass is 10.3. The number of aryl methyl sites for hydroxylation is 2. The minimum atomic E-state index is -0.801. The average Bonchev–Trinajstić information content (AvgIpc) is 2.83. The van der Waals surface area contributed by atoms with Crippen molar-refractivity contribution in [2.24, 2.45) is 7.05 Å². The number of hydrogen-bond donors (Lipinski definition) is 2. The van der Waals surface area contributed by atoms with E-state index in [4.69, 9.17) is 5.11 Å². The Labute approximate surface area is 92.8 Å². The molecule has 0 aliphatic heterocycles. The number of nitrogens with one attached hydrogen (secondary N) is 1. The lowest BCUT2D eigenvalue weighted by Gasteiger charge is -1.97. The Hall–Kier alpha value is -2.04. The number of carboxylic acid groups (broad SMARTS) is 1. The molecule has 0 unspecified atom stereocenters. The molecular formula is C11H13N3O2. The number of nitrogens with zero attached hydrogens (tertiary/aromatic N) is 2. The van der Waals surface area contributed by atoms with Crippen LogP contribution in [-0.4, -0.2) is 25.6 Å². The second-order valence-electron chi connectivity index (χ2n) is 3.63. The first-order valence-electron chi connectivity index (χ1n) is 5.04. The summed E-state index contributed by atoms with van der Waals surface area (Å²) < 4.78 is 1.86. The fraction of sp³-hybridized carbons (Fsp3) is 0.273. The van der Waals surface area contributed by atoms with E-state index in [1.807, 2.05) is 36.1 Å². The molecule has 2 N–H and O–H groups in total. The van der Waals surface area contributed by atoms with Gasteiger partial charge in [0.25, 0.3) is 0 Å². The normalized spacial score (nSPS) is 10.6. The first-order valence-corrected chi connectivity index (χ1v) is 5.04. The van der Waals surface area contributed by atoms with Gasteiger partial charge in [-0.25, -0.2) is 4.98 Å². The van der Waals surface area contributed by atoms with Gasteiger partial charge >= 0.3 is 5.97 Å². The predicted octanol–water partition coefficient (Wildman–Crippen LogP) is 1.43. The monoisotopic (exact) mass is 219 g/mol. The molecule has 0 saturated carbocycles. The molecule has 0 fully saturated rings. The van der Waals surface area contributed by atoms with Crippen LogP contribution >= 0.6 is 0 Å². The molecule has 0 saturated heterocycles. The van der Waals surface area contributed by atoms with Gasteiger partial charge in [-0.3, -0.25) is 4.79 Å². The van der Waals surface area contributed by atoms with E-state index < -0.39 is 5.97 Å². The number of carbonyl (C=O) groups is 1. The highest BCUT2D eigenvalue weighted by atomic mass is 16.4. The van der Waals surface area contributed by atoms with Crippen LogP contribution < -0.4 is 0 Å². The third-order valence-electron chi connectivity index (χ3n) is 2.41. The summed E-state index contributed by atoms with van der Waals surface area (Å²) in [4.78, 5) is 17.9. The van der Waals surface area contributed by atoms with Gasteiger partial charge in [-0.05, 0) is 12.1 Å². The molecule has 0 aliphatic carbocycles. The van der Waals surface area contributed by atoms with Crippen LogP contribution in [0, 0.1) is 0 Å². The van der Waals surface area contributed by atoms with Crippen LogP contribution in [0.25, 0.3) is 11.4 Å². The predicted molar refractivity (Wildman–Crippen MR) is 59.0 cm³/mol. The first kappa shape index (κ1) is 10.5. The van der Waals surface area contributed by atoms with Crippen molar-refractivity contribution in [2.45, 2.75) is 12.8 Å². The van der Waals surface area contributed by atoms with Gasteiger partial charge in [-0.2, -0.15) is 0 Å². The third kappa shape index (κ3) is 2.13. The van der Waals surface area contributed by atoms with Gasteiger partial charge < -0.3 is 14.7 Å². The summed E-state index contributed by atoms with van der Waals surface area (Å²) in [5.74, 6) is -0.0172. The topological polar surface area (TPSA) is 70.9 Å². The molecule has 2 heterocycles. The maximum Gasteiger partial charge on any atom is 0.303 e. The van der Waals surface area contributed by atoms with E-state index in [2.05, 4.69) is 9.97 Å². The SMILES string of the molecule is Cn1cc(-c2ccc[nH]2)nc1CCC(=O)O. The Morgan fingerprint density at radius 2 is 2.44 bits per heavy atom. The molecule has 0 amide bonds. The standard InChI is InChI=1S/C11H13N3O2/c1-14-7-9(8-3-2-6-12-8)13-10(14)4-5-11(15)16/h2-3,6-7,12H,4-5H2,1H3,(H,15,16). The van der Waals surface area contributed by atoms with E-state index in [1.54, 1.807) is 0 Å². The smallest absolute Gasteiger partial charge is 0.303 e. The summed E-state index contributed by atoms with van der Waals surface area (Å²) in [5.41, 5.74) is 1.78. The zero-order chi connectivity index (χ0) is 11.5. The van der Waals surface area contributed by atoms with Crippen LogP contribution in [0.2, 0.25) is 0 Å². The molecule has 0 aromatic carbocycles. The number of aromatic amines is 1. The van der Waals surface area contributed by atoms with Crippen molar-refractivity contribution in [3.8, 4) is 11.4 Å². The maximum atomic E-state index is 10.5. The Balaban J connectivity index is 2.19. The quantitative estimate of drug-likeness (QED) is 0.817. The molecule has 5 nitrogen and oxygen atoms in total. The van der Waals surface area contributed by atoms with E-state index in [-0.39, 0.29) is 6.42 Å². The number of carboxylic acids is 1. The van der Waals surface area contributed by atoms with E-state index >= 15 is 0 Å². The molecule has 2 aromatic heterocycles. The Bertz CT molecular complexity index is 485. The van der Waals surface area contributed by atoms with Crippen LogP contribution in [0.1, 0.15) is 12.2 Å². The zero-order valence-electron chi connectivity index (χ0n) is 8.97. The van der Waals surface area contributed by atoms with Crippen molar-refractivity contribution < 1.29 is 9.90 Å². The van der Waals surface area contributed by atoms with Crippen LogP contribution in [0.4, 0.5) is 0 Å². The third-order valence-corrected chi connectivity index (χ3v) is 2.41. The van der Waals surface area contributed by atoms with Gasteiger partial charge in [0, 0.05) is 25.9 Å². The van der Waals surface area contributed by atoms with Crippen molar-refractivity contribution in [3.05, 3.63) is 30.4 Å². The number of hydrogen-bond acceptors (Lipinski definition) is 2. The maximum absolute atomic E-state index is 10.5.